The van der Waals surface area contributed by atoms with E-state index in [0.29, 0.717) is 6.04 Å². The Bertz CT molecular complexity index is 350. The first kappa shape index (κ1) is 21.8. The first-order valence-electron chi connectivity index (χ1n) is 7.93. The van der Waals surface area contributed by atoms with E-state index in [-0.39, 0.29) is 36.4 Å². The maximum atomic E-state index is 11.6. The Morgan fingerprint density at radius 3 is 2.64 bits per heavy atom. The predicted octanol–water partition coefficient (Wildman–Crippen LogP) is 2.31. The fraction of sp³-hybridized carbons (Fsp3) is 0.867. The summed E-state index contributed by atoms with van der Waals surface area (Å²) in [6.07, 6.45) is 4.96. The predicted molar refractivity (Wildman–Crippen MR) is 107 cm³/mol. The van der Waals surface area contributed by atoms with Crippen molar-refractivity contribution in [2.24, 2.45) is 4.99 Å². The molecule has 0 heterocycles. The summed E-state index contributed by atoms with van der Waals surface area (Å²) in [4.78, 5) is 17.6. The minimum absolute atomic E-state index is 0. The SMILES string of the molecule is CCNC(=NCC(=O)N(C)C)NC1CCCC(SCC)C1.I. The van der Waals surface area contributed by atoms with Gasteiger partial charge in [-0.25, -0.2) is 4.99 Å². The van der Waals surface area contributed by atoms with Gasteiger partial charge >= 0.3 is 0 Å². The Labute approximate surface area is 156 Å². The van der Waals surface area contributed by atoms with Gasteiger partial charge in [0.25, 0.3) is 0 Å². The van der Waals surface area contributed by atoms with E-state index in [1.165, 1.54) is 31.4 Å². The van der Waals surface area contributed by atoms with Crippen LogP contribution < -0.4 is 10.6 Å². The average Bonchev–Trinajstić information content (AvgIpc) is 2.45. The zero-order valence-corrected chi connectivity index (χ0v) is 17.4. The molecule has 7 heteroatoms. The molecule has 1 amide bonds. The van der Waals surface area contributed by atoms with Crippen molar-refractivity contribution in [2.45, 2.75) is 50.8 Å². The maximum Gasteiger partial charge on any atom is 0.243 e. The molecule has 2 N–H and O–H groups in total. The number of thioether (sulfide) groups is 1. The summed E-state index contributed by atoms with van der Waals surface area (Å²) < 4.78 is 0. The molecule has 2 atom stereocenters. The van der Waals surface area contributed by atoms with Crippen molar-refractivity contribution in [3.05, 3.63) is 0 Å². The molecule has 5 nitrogen and oxygen atoms in total. The summed E-state index contributed by atoms with van der Waals surface area (Å²) in [5.41, 5.74) is 0. The van der Waals surface area contributed by atoms with Crippen molar-refractivity contribution in [1.82, 2.24) is 15.5 Å². The third-order valence-corrected chi connectivity index (χ3v) is 4.82. The smallest absolute Gasteiger partial charge is 0.243 e. The first-order chi connectivity index (χ1) is 10.1. The molecule has 0 aromatic carbocycles. The van der Waals surface area contributed by atoms with E-state index in [1.807, 2.05) is 6.92 Å². The molecule has 0 aromatic heterocycles. The van der Waals surface area contributed by atoms with Crippen LogP contribution in [-0.4, -0.2) is 61.0 Å². The largest absolute Gasteiger partial charge is 0.357 e. The van der Waals surface area contributed by atoms with Crippen LogP contribution in [0.3, 0.4) is 0 Å². The van der Waals surface area contributed by atoms with Crippen molar-refractivity contribution in [3.8, 4) is 0 Å². The molecule has 0 aromatic rings. The van der Waals surface area contributed by atoms with E-state index in [2.05, 4.69) is 34.3 Å². The van der Waals surface area contributed by atoms with Crippen LogP contribution >= 0.6 is 35.7 Å². The summed E-state index contributed by atoms with van der Waals surface area (Å²) in [7, 11) is 3.51. The molecule has 2 unspecified atom stereocenters. The van der Waals surface area contributed by atoms with E-state index in [4.69, 9.17) is 0 Å². The number of aliphatic imine (C=N–C) groups is 1. The Morgan fingerprint density at radius 2 is 2.05 bits per heavy atom. The zero-order chi connectivity index (χ0) is 15.7. The number of guanidine groups is 1. The highest BCUT2D eigenvalue weighted by molar-refractivity contribution is 14.0. The molecule has 22 heavy (non-hydrogen) atoms. The lowest BCUT2D eigenvalue weighted by molar-refractivity contribution is -0.127. The van der Waals surface area contributed by atoms with Crippen molar-refractivity contribution >= 4 is 47.6 Å². The van der Waals surface area contributed by atoms with Crippen LogP contribution in [-0.2, 0) is 4.79 Å². The van der Waals surface area contributed by atoms with Gasteiger partial charge < -0.3 is 15.5 Å². The van der Waals surface area contributed by atoms with Crippen LogP contribution in [0.5, 0.6) is 0 Å². The summed E-state index contributed by atoms with van der Waals surface area (Å²) >= 11 is 2.06. The number of carbonyl (C=O) groups excluding carboxylic acids is 1. The van der Waals surface area contributed by atoms with E-state index in [0.717, 1.165) is 17.8 Å². The number of nitrogens with one attached hydrogen (secondary N) is 2. The zero-order valence-electron chi connectivity index (χ0n) is 14.2. The molecule has 130 valence electrons. The van der Waals surface area contributed by atoms with Crippen LogP contribution in [0.1, 0.15) is 39.5 Å². The lowest BCUT2D eigenvalue weighted by atomic mass is 9.95. The van der Waals surface area contributed by atoms with E-state index in [1.54, 1.807) is 19.0 Å². The second kappa shape index (κ2) is 12.3. The van der Waals surface area contributed by atoms with E-state index < -0.39 is 0 Å². The highest BCUT2D eigenvalue weighted by Gasteiger charge is 2.22. The number of hydrogen-bond donors (Lipinski definition) is 2. The number of rotatable bonds is 6. The second-order valence-electron chi connectivity index (χ2n) is 5.57. The van der Waals surface area contributed by atoms with Gasteiger partial charge in [0.1, 0.15) is 6.54 Å². The first-order valence-corrected chi connectivity index (χ1v) is 8.98. The molecule has 0 spiro atoms. The fourth-order valence-corrected chi connectivity index (χ4v) is 3.64. The van der Waals surface area contributed by atoms with Gasteiger partial charge in [-0.05, 0) is 31.9 Å². The highest BCUT2D eigenvalue weighted by atomic mass is 127. The van der Waals surface area contributed by atoms with Crippen LogP contribution in [0.2, 0.25) is 0 Å². The number of nitrogens with zero attached hydrogens (tertiary/aromatic N) is 2. The third kappa shape index (κ3) is 8.45. The minimum Gasteiger partial charge on any atom is -0.357 e. The topological polar surface area (TPSA) is 56.7 Å². The Balaban J connectivity index is 0.00000441. The van der Waals surface area contributed by atoms with E-state index in [9.17, 15) is 4.79 Å². The number of halogens is 1. The summed E-state index contributed by atoms with van der Waals surface area (Å²) in [5.74, 6) is 1.97. The molecule has 0 saturated heterocycles. The van der Waals surface area contributed by atoms with Gasteiger partial charge in [-0.3, -0.25) is 4.79 Å². The van der Waals surface area contributed by atoms with Crippen molar-refractivity contribution in [2.75, 3.05) is 32.9 Å². The summed E-state index contributed by atoms with van der Waals surface area (Å²) in [6, 6.07) is 0.468. The highest BCUT2D eigenvalue weighted by Crippen LogP contribution is 2.28. The van der Waals surface area contributed by atoms with Crippen molar-refractivity contribution < 1.29 is 4.79 Å². The number of likely N-dealkylation sites (N-methyl/N-ethyl adjacent to an activating group) is 1. The van der Waals surface area contributed by atoms with Gasteiger partial charge in [0.2, 0.25) is 5.91 Å². The van der Waals surface area contributed by atoms with Crippen molar-refractivity contribution in [3.63, 3.8) is 0 Å². The molecule has 0 aliphatic heterocycles. The number of carbonyl (C=O) groups is 1. The molecule has 1 aliphatic carbocycles. The van der Waals surface area contributed by atoms with Gasteiger partial charge in [-0.15, -0.1) is 24.0 Å². The molecule has 0 bridgehead atoms. The lowest BCUT2D eigenvalue weighted by Crippen LogP contribution is -2.46. The molecule has 1 rings (SSSR count). The molecule has 1 aliphatic rings. The molecule has 1 saturated carbocycles. The lowest BCUT2D eigenvalue weighted by Gasteiger charge is -2.30. The number of hydrogen-bond acceptors (Lipinski definition) is 3. The Kier molecular flexibility index (Phi) is 12.2. The van der Waals surface area contributed by atoms with Gasteiger partial charge in [0.15, 0.2) is 5.96 Å². The minimum atomic E-state index is 0. The monoisotopic (exact) mass is 442 g/mol. The van der Waals surface area contributed by atoms with Gasteiger partial charge in [0.05, 0.1) is 0 Å². The quantitative estimate of drug-likeness (QED) is 0.377. The van der Waals surface area contributed by atoms with Gasteiger partial charge in [0, 0.05) is 31.9 Å². The van der Waals surface area contributed by atoms with Gasteiger partial charge in [-0.1, -0.05) is 13.3 Å². The molecule has 1 fully saturated rings. The summed E-state index contributed by atoms with van der Waals surface area (Å²) in [6.45, 7) is 5.27. The maximum absolute atomic E-state index is 11.6. The Hall–Kier alpha value is -0.180. The molecular weight excluding hydrogens is 411 g/mol. The Morgan fingerprint density at radius 1 is 1.32 bits per heavy atom. The summed E-state index contributed by atoms with van der Waals surface area (Å²) in [5, 5.41) is 7.48. The average molecular weight is 442 g/mol. The van der Waals surface area contributed by atoms with E-state index >= 15 is 0 Å². The molecule has 0 radical (unpaired) electrons. The standard InChI is InChI=1S/C15H30N4OS.HI/c1-5-16-15(17-11-14(20)19(3)4)18-12-8-7-9-13(10-12)21-6-2;/h12-13H,5-11H2,1-4H3,(H2,16,17,18);1H. The fourth-order valence-electron chi connectivity index (χ4n) is 2.46. The van der Waals surface area contributed by atoms with Crippen LogP contribution in [0.25, 0.3) is 0 Å². The van der Waals surface area contributed by atoms with Gasteiger partial charge in [-0.2, -0.15) is 11.8 Å². The molecular formula is C15H31IN4OS. The van der Waals surface area contributed by atoms with Crippen LogP contribution in [0.15, 0.2) is 4.99 Å². The van der Waals surface area contributed by atoms with Crippen molar-refractivity contribution in [1.29, 1.82) is 0 Å². The normalized spacial score (nSPS) is 21.7. The van der Waals surface area contributed by atoms with Crippen LogP contribution in [0.4, 0.5) is 0 Å². The third-order valence-electron chi connectivity index (χ3n) is 3.58. The number of amides is 1. The second-order valence-corrected chi connectivity index (χ2v) is 7.15. The van der Waals surface area contributed by atoms with Crippen LogP contribution in [0, 0.1) is 0 Å².